The van der Waals surface area contributed by atoms with Crippen LogP contribution in [0.5, 0.6) is 0 Å². The second-order valence-electron chi connectivity index (χ2n) is 9.92. The summed E-state index contributed by atoms with van der Waals surface area (Å²) in [5, 5.41) is 0. The summed E-state index contributed by atoms with van der Waals surface area (Å²) in [5.74, 6) is -0.433. The SMILES string of the molecule is C.C.C.C.C=C(C)C(=O)OC[Si](C)(O[Si](C)(C)O[Si](C)(C)C)O[Si](C)(C)O[Si](C)(C)C. The van der Waals surface area contributed by atoms with Gasteiger partial charge in [0.15, 0.2) is 16.6 Å². The molecule has 11 heteroatoms. The van der Waals surface area contributed by atoms with Crippen molar-refractivity contribution in [3.05, 3.63) is 12.2 Å². The van der Waals surface area contributed by atoms with Crippen LogP contribution < -0.4 is 0 Å². The minimum Gasteiger partial charge on any atom is -0.460 e. The van der Waals surface area contributed by atoms with Crippen LogP contribution in [-0.2, 0) is 26.0 Å². The van der Waals surface area contributed by atoms with E-state index in [0.717, 1.165) is 0 Å². The Balaban J connectivity index is -0.000000563. The summed E-state index contributed by atoms with van der Waals surface area (Å²) < 4.78 is 31.1. The molecule has 0 heterocycles. The summed E-state index contributed by atoms with van der Waals surface area (Å²) in [4.78, 5) is 11.9. The number of hydrogen-bond acceptors (Lipinski definition) is 6. The van der Waals surface area contributed by atoms with Crippen molar-refractivity contribution in [1.29, 1.82) is 0 Å². The van der Waals surface area contributed by atoms with E-state index in [1.54, 1.807) is 6.92 Å². The zero-order valence-electron chi connectivity index (χ0n) is 19.4. The van der Waals surface area contributed by atoms with E-state index < -0.39 is 48.3 Å². The fraction of sp³-hybridized carbons (Fsp3) is 0.850. The first-order chi connectivity index (χ1) is 11.7. The van der Waals surface area contributed by atoms with Crippen LogP contribution in [0.3, 0.4) is 0 Å². The number of carbonyl (C=O) groups excluding carboxylic acids is 1. The van der Waals surface area contributed by atoms with Crippen molar-refractivity contribution in [2.75, 3.05) is 6.23 Å². The van der Waals surface area contributed by atoms with Crippen LogP contribution in [0.25, 0.3) is 0 Å². The summed E-state index contributed by atoms with van der Waals surface area (Å²) in [6.07, 6.45) is 0.0929. The van der Waals surface area contributed by atoms with Crippen molar-refractivity contribution in [1.82, 2.24) is 0 Å². The molecule has 0 aliphatic carbocycles. The van der Waals surface area contributed by atoms with E-state index >= 15 is 0 Å². The van der Waals surface area contributed by atoms with E-state index in [0.29, 0.717) is 5.57 Å². The maximum absolute atomic E-state index is 11.9. The lowest BCUT2D eigenvalue weighted by Crippen LogP contribution is -2.61. The van der Waals surface area contributed by atoms with Crippen LogP contribution in [0.1, 0.15) is 36.6 Å². The molecule has 6 nitrogen and oxygen atoms in total. The minimum atomic E-state index is -2.89. The van der Waals surface area contributed by atoms with Crippen LogP contribution >= 0.6 is 0 Å². The normalized spacial score (nSPS) is 12.4. The summed E-state index contributed by atoms with van der Waals surface area (Å²) >= 11 is 0. The number of hydrogen-bond donors (Lipinski definition) is 0. The summed E-state index contributed by atoms with van der Waals surface area (Å²) in [6, 6.07) is 0. The maximum Gasteiger partial charge on any atom is 0.356 e. The lowest BCUT2D eigenvalue weighted by atomic mass is 10.4. The Morgan fingerprint density at radius 1 is 0.645 bits per heavy atom. The van der Waals surface area contributed by atoms with Crippen molar-refractivity contribution >= 4 is 48.3 Å². The zero-order valence-corrected chi connectivity index (χ0v) is 24.4. The van der Waals surface area contributed by atoms with Gasteiger partial charge in [-0.05, 0) is 78.9 Å². The molecule has 0 radical (unpaired) electrons. The Hall–Kier alpha value is 0.134. The molecule has 0 fully saturated rings. The van der Waals surface area contributed by atoms with Crippen molar-refractivity contribution < 1.29 is 26.0 Å². The topological polar surface area (TPSA) is 63.2 Å². The Labute approximate surface area is 201 Å². The van der Waals surface area contributed by atoms with Crippen LogP contribution in [-0.4, -0.2) is 54.5 Å². The lowest BCUT2D eigenvalue weighted by molar-refractivity contribution is -0.137. The Kier molecular flexibility index (Phi) is 19.2. The predicted octanol–water partition coefficient (Wildman–Crippen LogP) is 7.40. The number of carbonyl (C=O) groups is 1. The Morgan fingerprint density at radius 3 is 1.16 bits per heavy atom. The van der Waals surface area contributed by atoms with Crippen LogP contribution in [0.15, 0.2) is 12.2 Å². The molecule has 0 aliphatic rings. The van der Waals surface area contributed by atoms with Crippen LogP contribution in [0.2, 0.25) is 72.0 Å². The van der Waals surface area contributed by atoms with Crippen molar-refractivity contribution in [3.8, 4) is 0 Å². The molecule has 31 heavy (non-hydrogen) atoms. The average Bonchev–Trinajstić information content (AvgIpc) is 2.27. The molecular formula is C20H56O6Si5. The lowest BCUT2D eigenvalue weighted by Gasteiger charge is -2.42. The summed E-state index contributed by atoms with van der Waals surface area (Å²) in [5.41, 5.74) is 0.357. The van der Waals surface area contributed by atoms with E-state index in [1.807, 2.05) is 32.7 Å². The highest BCUT2D eigenvalue weighted by molar-refractivity contribution is 6.90. The van der Waals surface area contributed by atoms with E-state index in [4.69, 9.17) is 21.2 Å². The quantitative estimate of drug-likeness (QED) is 0.157. The van der Waals surface area contributed by atoms with Gasteiger partial charge in [0, 0.05) is 5.57 Å². The largest absolute Gasteiger partial charge is 0.460 e. The van der Waals surface area contributed by atoms with E-state index in [-0.39, 0.29) is 35.9 Å². The molecule has 0 unspecified atom stereocenters. The van der Waals surface area contributed by atoms with Gasteiger partial charge >= 0.3 is 31.7 Å². The molecule has 0 bridgehead atoms. The first-order valence-electron chi connectivity index (χ1n) is 9.29. The fourth-order valence-electron chi connectivity index (χ4n) is 2.96. The van der Waals surface area contributed by atoms with Crippen LogP contribution in [0, 0.1) is 0 Å². The van der Waals surface area contributed by atoms with Crippen molar-refractivity contribution in [2.24, 2.45) is 0 Å². The molecule has 0 atom stereocenters. The molecule has 0 aromatic carbocycles. The second kappa shape index (κ2) is 14.4. The van der Waals surface area contributed by atoms with Gasteiger partial charge in [-0.2, -0.15) is 0 Å². The molecule has 0 amide bonds. The summed E-state index contributed by atoms with van der Waals surface area (Å²) in [7, 11) is -11.4. The predicted molar refractivity (Wildman–Crippen MR) is 150 cm³/mol. The molecule has 0 N–H and O–H groups in total. The highest BCUT2D eigenvalue weighted by Crippen LogP contribution is 2.26. The summed E-state index contributed by atoms with van der Waals surface area (Å²) in [6.45, 7) is 28.1. The fourth-order valence-corrected chi connectivity index (χ4v) is 25.6. The number of esters is 1. The minimum absolute atomic E-state index is 0. The molecule has 0 aliphatic heterocycles. The van der Waals surface area contributed by atoms with Gasteiger partial charge in [-0.15, -0.1) is 0 Å². The molecule has 0 saturated heterocycles. The Bertz CT molecular complexity index is 509. The van der Waals surface area contributed by atoms with Gasteiger partial charge < -0.3 is 21.2 Å². The van der Waals surface area contributed by atoms with Gasteiger partial charge in [-0.25, -0.2) is 4.79 Å². The first kappa shape index (κ1) is 41.4. The molecule has 0 saturated carbocycles. The van der Waals surface area contributed by atoms with Crippen molar-refractivity contribution in [2.45, 2.75) is 109 Å². The van der Waals surface area contributed by atoms with Gasteiger partial charge in [-0.3, -0.25) is 0 Å². The molecule has 192 valence electrons. The third kappa shape index (κ3) is 20.5. The number of rotatable bonds is 11. The third-order valence-corrected chi connectivity index (χ3v) is 19.7. The van der Waals surface area contributed by atoms with Crippen LogP contribution in [0.4, 0.5) is 0 Å². The van der Waals surface area contributed by atoms with E-state index in [2.05, 4.69) is 45.9 Å². The highest BCUT2D eigenvalue weighted by Gasteiger charge is 2.48. The monoisotopic (exact) mass is 532 g/mol. The second-order valence-corrected chi connectivity index (χ2v) is 29.8. The average molecular weight is 533 g/mol. The van der Waals surface area contributed by atoms with Gasteiger partial charge in [0.1, 0.15) is 6.23 Å². The first-order valence-corrected chi connectivity index (χ1v) is 24.3. The molecule has 0 rings (SSSR count). The molecule has 0 spiro atoms. The maximum atomic E-state index is 11.9. The van der Waals surface area contributed by atoms with Gasteiger partial charge in [-0.1, -0.05) is 36.3 Å². The van der Waals surface area contributed by atoms with Gasteiger partial charge in [0.05, 0.1) is 0 Å². The smallest absolute Gasteiger partial charge is 0.356 e. The third-order valence-electron chi connectivity index (χ3n) is 2.84. The van der Waals surface area contributed by atoms with Gasteiger partial charge in [0.2, 0.25) is 0 Å². The molecule has 0 aromatic rings. The van der Waals surface area contributed by atoms with Gasteiger partial charge in [0.25, 0.3) is 0 Å². The molecular weight excluding hydrogens is 477 g/mol. The van der Waals surface area contributed by atoms with E-state index in [9.17, 15) is 4.79 Å². The standard InChI is InChI=1S/C16H40O6Si5.4CH4/c1-15(2)16(17)18-14-27(13,21-25(9,10)19-23(3,4)5)22-26(11,12)20-24(6,7)8;;;;/h1,14H2,2-13H3;4*1H4. The zero-order chi connectivity index (χ0) is 21.9. The molecule has 0 aromatic heterocycles. The highest BCUT2D eigenvalue weighted by atomic mass is 28.5. The Morgan fingerprint density at radius 2 is 0.935 bits per heavy atom. The van der Waals surface area contributed by atoms with E-state index in [1.165, 1.54) is 0 Å². The number of ether oxygens (including phenoxy) is 1. The van der Waals surface area contributed by atoms with Crippen molar-refractivity contribution in [3.63, 3.8) is 0 Å².